The number of halogens is 1. The Morgan fingerprint density at radius 1 is 1.21 bits per heavy atom. The van der Waals surface area contributed by atoms with Gasteiger partial charge >= 0.3 is 0 Å². The van der Waals surface area contributed by atoms with Crippen LogP contribution < -0.4 is 4.90 Å². The van der Waals surface area contributed by atoms with Crippen LogP contribution in [-0.4, -0.2) is 47.8 Å². The molecule has 1 N–H and O–H groups in total. The van der Waals surface area contributed by atoms with Gasteiger partial charge in [0.2, 0.25) is 0 Å². The van der Waals surface area contributed by atoms with E-state index in [1.54, 1.807) is 57.4 Å². The predicted octanol–water partition coefficient (Wildman–Crippen LogP) is 3.88. The smallest absolute Gasteiger partial charge is 0.256 e. The van der Waals surface area contributed by atoms with Crippen LogP contribution in [0.15, 0.2) is 54.6 Å². The van der Waals surface area contributed by atoms with Crippen molar-refractivity contribution in [3.63, 3.8) is 0 Å². The summed E-state index contributed by atoms with van der Waals surface area (Å²) in [5.41, 5.74) is 2.75. The first kappa shape index (κ1) is 21.8. The third-order valence-electron chi connectivity index (χ3n) is 4.47. The summed E-state index contributed by atoms with van der Waals surface area (Å²) in [4.78, 5) is 31.3. The maximum atomic E-state index is 15.0. The third-order valence-corrected chi connectivity index (χ3v) is 4.47. The van der Waals surface area contributed by atoms with Gasteiger partial charge in [-0.3, -0.25) is 14.6 Å². The molecule has 0 aliphatic heterocycles. The highest BCUT2D eigenvalue weighted by Crippen LogP contribution is 2.30. The molecule has 1 heterocycles. The van der Waals surface area contributed by atoms with Gasteiger partial charge in [0.25, 0.3) is 5.91 Å². The van der Waals surface area contributed by atoms with Crippen molar-refractivity contribution in [2.24, 2.45) is 0 Å². The van der Waals surface area contributed by atoms with Crippen molar-refractivity contribution < 1.29 is 19.1 Å². The molecule has 0 radical (unpaired) electrons. The molecule has 0 saturated heterocycles. The topological polar surface area (TPSA) is 73.7 Å². The molecular formula is C22H24FN3O3. The number of aryl methyl sites for hydroxylation is 1. The van der Waals surface area contributed by atoms with Crippen LogP contribution in [0.1, 0.15) is 22.8 Å². The van der Waals surface area contributed by atoms with Gasteiger partial charge in [-0.1, -0.05) is 6.07 Å². The lowest BCUT2D eigenvalue weighted by Gasteiger charge is -2.22. The average molecular weight is 397 g/mol. The maximum absolute atomic E-state index is 15.0. The zero-order chi connectivity index (χ0) is 21.7. The van der Waals surface area contributed by atoms with Crippen molar-refractivity contribution in [1.29, 1.82) is 0 Å². The summed E-state index contributed by atoms with van der Waals surface area (Å²) in [5.74, 6) is -1.42. The van der Waals surface area contributed by atoms with Gasteiger partial charge in [0.05, 0.1) is 17.5 Å². The summed E-state index contributed by atoms with van der Waals surface area (Å²) >= 11 is 0. The van der Waals surface area contributed by atoms with Crippen LogP contribution in [-0.2, 0) is 4.79 Å². The number of rotatable bonds is 6. The number of anilines is 1. The molecule has 0 aliphatic carbocycles. The van der Waals surface area contributed by atoms with Gasteiger partial charge in [0, 0.05) is 56.4 Å². The SMILES string of the molecule is C/C(=C/C(=O)/C=C/O)N(C)c1cc(-c2cccc(C(=O)N(C)C)c2F)ncc1C. The molecule has 0 bridgehead atoms. The molecular weight excluding hydrogens is 373 g/mol. The van der Waals surface area contributed by atoms with Crippen LogP contribution in [0.2, 0.25) is 0 Å². The van der Waals surface area contributed by atoms with Gasteiger partial charge in [-0.15, -0.1) is 0 Å². The Morgan fingerprint density at radius 2 is 1.90 bits per heavy atom. The quantitative estimate of drug-likeness (QED) is 0.592. The Labute approximate surface area is 169 Å². The predicted molar refractivity (Wildman–Crippen MR) is 111 cm³/mol. The number of aliphatic hydroxyl groups excluding tert-OH is 1. The standard InChI is InChI=1S/C22H24FN3O3/c1-14-13-24-19(12-20(14)26(5)15(2)11-16(28)9-10-27)17-7-6-8-18(21(17)23)22(29)25(3)4/h6-13,27H,1-5H3/b10-9+,15-11-. The molecule has 2 rings (SSSR count). The molecule has 1 aromatic carbocycles. The largest absolute Gasteiger partial charge is 0.515 e. The van der Waals surface area contributed by atoms with Gasteiger partial charge in [-0.2, -0.15) is 0 Å². The lowest BCUT2D eigenvalue weighted by Crippen LogP contribution is -2.23. The highest BCUT2D eigenvalue weighted by molar-refractivity contribution is 5.99. The number of nitrogens with zero attached hydrogens (tertiary/aromatic N) is 3. The number of benzene rings is 1. The number of pyridine rings is 1. The molecule has 29 heavy (non-hydrogen) atoms. The maximum Gasteiger partial charge on any atom is 0.256 e. The van der Waals surface area contributed by atoms with E-state index in [9.17, 15) is 9.59 Å². The van der Waals surface area contributed by atoms with Gasteiger partial charge < -0.3 is 14.9 Å². The molecule has 152 valence electrons. The normalized spacial score (nSPS) is 11.6. The molecule has 0 spiro atoms. The highest BCUT2D eigenvalue weighted by Gasteiger charge is 2.19. The van der Waals surface area contributed by atoms with Crippen LogP contribution in [0.25, 0.3) is 11.3 Å². The molecule has 1 amide bonds. The van der Waals surface area contributed by atoms with E-state index in [1.165, 1.54) is 17.0 Å². The van der Waals surface area contributed by atoms with Gasteiger partial charge in [-0.05, 0) is 37.6 Å². The fourth-order valence-corrected chi connectivity index (χ4v) is 2.77. The molecule has 0 atom stereocenters. The number of aromatic nitrogens is 1. The van der Waals surface area contributed by atoms with Crippen LogP contribution in [0.5, 0.6) is 0 Å². The zero-order valence-corrected chi connectivity index (χ0v) is 17.1. The summed E-state index contributed by atoms with van der Waals surface area (Å²) in [5, 5.41) is 8.72. The van der Waals surface area contributed by atoms with Crippen molar-refractivity contribution in [3.05, 3.63) is 71.5 Å². The summed E-state index contributed by atoms with van der Waals surface area (Å²) in [6.45, 7) is 3.60. The number of allylic oxidation sites excluding steroid dienone is 3. The fraction of sp³-hybridized carbons (Fsp3) is 0.227. The number of aliphatic hydroxyl groups is 1. The molecule has 7 heteroatoms. The van der Waals surface area contributed by atoms with Crippen LogP contribution in [0.4, 0.5) is 10.1 Å². The summed E-state index contributed by atoms with van der Waals surface area (Å²) in [7, 11) is 4.90. The second-order valence-electron chi connectivity index (χ2n) is 6.79. The molecule has 0 aliphatic rings. The minimum atomic E-state index is -0.633. The van der Waals surface area contributed by atoms with Crippen LogP contribution in [0.3, 0.4) is 0 Å². The van der Waals surface area contributed by atoms with Gasteiger partial charge in [-0.25, -0.2) is 4.39 Å². The Hall–Kier alpha value is -3.48. The highest BCUT2D eigenvalue weighted by atomic mass is 19.1. The van der Waals surface area contributed by atoms with E-state index in [2.05, 4.69) is 4.98 Å². The Balaban J connectivity index is 2.50. The minimum absolute atomic E-state index is 0.0257. The van der Waals surface area contributed by atoms with E-state index >= 15 is 4.39 Å². The minimum Gasteiger partial charge on any atom is -0.515 e. The van der Waals surface area contributed by atoms with E-state index in [0.717, 1.165) is 17.3 Å². The molecule has 1 aromatic heterocycles. The number of amides is 1. The lowest BCUT2D eigenvalue weighted by atomic mass is 10.0. The summed E-state index contributed by atoms with van der Waals surface area (Å²) in [6.07, 6.45) is 4.73. The first-order valence-corrected chi connectivity index (χ1v) is 8.91. The summed E-state index contributed by atoms with van der Waals surface area (Å²) in [6, 6.07) is 6.34. The molecule has 0 saturated carbocycles. The van der Waals surface area contributed by atoms with Crippen molar-refractivity contribution in [3.8, 4) is 11.3 Å². The molecule has 6 nitrogen and oxygen atoms in total. The Morgan fingerprint density at radius 3 is 2.52 bits per heavy atom. The molecule has 0 unspecified atom stereocenters. The second-order valence-corrected chi connectivity index (χ2v) is 6.79. The van der Waals surface area contributed by atoms with E-state index < -0.39 is 11.7 Å². The van der Waals surface area contributed by atoms with Crippen molar-refractivity contribution in [2.75, 3.05) is 26.0 Å². The first-order chi connectivity index (χ1) is 13.7. The van der Waals surface area contributed by atoms with Crippen LogP contribution >= 0.6 is 0 Å². The van der Waals surface area contributed by atoms with E-state index in [4.69, 9.17) is 5.11 Å². The lowest BCUT2D eigenvalue weighted by molar-refractivity contribution is -0.110. The average Bonchev–Trinajstić information content (AvgIpc) is 2.67. The monoisotopic (exact) mass is 397 g/mol. The van der Waals surface area contributed by atoms with E-state index in [0.29, 0.717) is 17.7 Å². The van der Waals surface area contributed by atoms with Crippen molar-refractivity contribution >= 4 is 17.4 Å². The molecule has 0 fully saturated rings. The number of hydrogen-bond donors (Lipinski definition) is 1. The summed E-state index contributed by atoms with van der Waals surface area (Å²) < 4.78 is 15.0. The van der Waals surface area contributed by atoms with Crippen molar-refractivity contribution in [2.45, 2.75) is 13.8 Å². The first-order valence-electron chi connectivity index (χ1n) is 8.91. The molecule has 2 aromatic rings. The zero-order valence-electron chi connectivity index (χ0n) is 17.1. The van der Waals surface area contributed by atoms with E-state index in [1.807, 2.05) is 6.92 Å². The van der Waals surface area contributed by atoms with Crippen molar-refractivity contribution in [1.82, 2.24) is 9.88 Å². The van der Waals surface area contributed by atoms with Crippen LogP contribution in [0, 0.1) is 12.7 Å². The number of hydrogen-bond acceptors (Lipinski definition) is 5. The third kappa shape index (κ3) is 4.87. The Kier molecular flexibility index (Phi) is 6.88. The Bertz CT molecular complexity index is 997. The number of carbonyl (C=O) groups excluding carboxylic acids is 2. The van der Waals surface area contributed by atoms with Gasteiger partial charge in [0.15, 0.2) is 5.78 Å². The van der Waals surface area contributed by atoms with E-state index in [-0.39, 0.29) is 16.9 Å². The number of ketones is 1. The fourth-order valence-electron chi connectivity index (χ4n) is 2.77. The second kappa shape index (κ2) is 9.14. The number of carbonyl (C=O) groups is 2. The van der Waals surface area contributed by atoms with Gasteiger partial charge in [0.1, 0.15) is 5.82 Å².